The number of nitrogens with zero attached hydrogens (tertiary/aromatic N) is 4. The molecule has 0 spiro atoms. The van der Waals surface area contributed by atoms with Crippen molar-refractivity contribution in [1.82, 2.24) is 20.2 Å². The molecule has 1 unspecified atom stereocenters. The van der Waals surface area contributed by atoms with E-state index in [-0.39, 0.29) is 17.5 Å². The molecule has 1 aromatic rings. The predicted molar refractivity (Wildman–Crippen MR) is 45.0 cm³/mol. The molecule has 0 saturated heterocycles. The average molecular weight is 180 g/mol. The molecule has 0 amide bonds. The van der Waals surface area contributed by atoms with Crippen LogP contribution in [0.4, 0.5) is 0 Å². The zero-order valence-electron chi connectivity index (χ0n) is 7.77. The molecule has 13 heavy (non-hydrogen) atoms. The van der Waals surface area contributed by atoms with Crippen molar-refractivity contribution >= 4 is 5.78 Å². The normalized spacial score (nSPS) is 18.6. The van der Waals surface area contributed by atoms with Crippen molar-refractivity contribution in [3.63, 3.8) is 0 Å². The van der Waals surface area contributed by atoms with Gasteiger partial charge in [-0.3, -0.25) is 4.79 Å². The Morgan fingerprint density at radius 1 is 1.62 bits per heavy atom. The van der Waals surface area contributed by atoms with Crippen molar-refractivity contribution in [1.29, 1.82) is 0 Å². The van der Waals surface area contributed by atoms with Gasteiger partial charge in [-0.25, -0.2) is 0 Å². The maximum absolute atomic E-state index is 11.7. The number of tetrazole rings is 1. The van der Waals surface area contributed by atoms with Crippen LogP contribution in [0.2, 0.25) is 0 Å². The fourth-order valence-electron chi connectivity index (χ4n) is 1.40. The van der Waals surface area contributed by atoms with Gasteiger partial charge in [0.2, 0.25) is 11.6 Å². The van der Waals surface area contributed by atoms with Gasteiger partial charge in [0.15, 0.2) is 0 Å². The summed E-state index contributed by atoms with van der Waals surface area (Å²) in [5.41, 5.74) is 0. The Morgan fingerprint density at radius 3 is 2.77 bits per heavy atom. The molecule has 0 N–H and O–H groups in total. The second-order valence-electron chi connectivity index (χ2n) is 3.59. The van der Waals surface area contributed by atoms with E-state index in [1.165, 1.54) is 4.80 Å². The van der Waals surface area contributed by atoms with Crippen molar-refractivity contribution in [3.8, 4) is 0 Å². The molecule has 1 aliphatic rings. The number of Topliss-reactive ketones (excluding diaryl/α,β-unsaturated/α-hetero) is 1. The number of carbonyl (C=O) groups excluding carboxylic acids is 1. The van der Waals surface area contributed by atoms with E-state index >= 15 is 0 Å². The Kier molecular flexibility index (Phi) is 1.86. The van der Waals surface area contributed by atoms with Crippen molar-refractivity contribution in [3.05, 3.63) is 5.82 Å². The molecule has 0 aromatic carbocycles. The van der Waals surface area contributed by atoms with E-state index in [2.05, 4.69) is 15.4 Å². The predicted octanol–water partition coefficient (Wildman–Crippen LogP) is 0.439. The first-order valence-electron chi connectivity index (χ1n) is 4.46. The maximum Gasteiger partial charge on any atom is 0.240 e. The third-order valence-corrected chi connectivity index (χ3v) is 2.47. The maximum atomic E-state index is 11.7. The van der Waals surface area contributed by atoms with Crippen LogP contribution in [0.15, 0.2) is 0 Å². The summed E-state index contributed by atoms with van der Waals surface area (Å²) in [6, 6.07) is 0. The molecule has 1 aliphatic carbocycles. The molecule has 2 rings (SSSR count). The molecule has 1 atom stereocenters. The first-order chi connectivity index (χ1) is 6.18. The molecule has 0 radical (unpaired) electrons. The SMILES string of the molecule is CC(C(=O)c1nnn(C)n1)C1CC1. The number of carbonyl (C=O) groups is 1. The van der Waals surface area contributed by atoms with Crippen molar-refractivity contribution in [2.45, 2.75) is 19.8 Å². The third-order valence-electron chi connectivity index (χ3n) is 2.47. The van der Waals surface area contributed by atoms with Crippen LogP contribution in [0.3, 0.4) is 0 Å². The van der Waals surface area contributed by atoms with Crippen molar-refractivity contribution in [2.24, 2.45) is 18.9 Å². The third kappa shape index (κ3) is 1.59. The monoisotopic (exact) mass is 180 g/mol. The van der Waals surface area contributed by atoms with Gasteiger partial charge >= 0.3 is 0 Å². The minimum Gasteiger partial charge on any atom is -0.290 e. The molecule has 1 saturated carbocycles. The van der Waals surface area contributed by atoms with Gasteiger partial charge in [0, 0.05) is 5.92 Å². The van der Waals surface area contributed by atoms with Gasteiger partial charge in [0.1, 0.15) is 0 Å². The Labute approximate surface area is 76.1 Å². The largest absolute Gasteiger partial charge is 0.290 e. The van der Waals surface area contributed by atoms with Crippen molar-refractivity contribution < 1.29 is 4.79 Å². The van der Waals surface area contributed by atoms with Crippen LogP contribution >= 0.6 is 0 Å². The summed E-state index contributed by atoms with van der Waals surface area (Å²) in [5.74, 6) is 0.887. The summed E-state index contributed by atoms with van der Waals surface area (Å²) in [6.07, 6.45) is 2.32. The van der Waals surface area contributed by atoms with Gasteiger partial charge in [-0.15, -0.1) is 10.2 Å². The highest BCUT2D eigenvalue weighted by Crippen LogP contribution is 2.37. The Morgan fingerprint density at radius 2 is 2.31 bits per heavy atom. The van der Waals surface area contributed by atoms with Gasteiger partial charge in [-0.1, -0.05) is 6.92 Å². The van der Waals surface area contributed by atoms with E-state index < -0.39 is 0 Å². The summed E-state index contributed by atoms with van der Waals surface area (Å²) in [7, 11) is 1.66. The highest BCUT2D eigenvalue weighted by Gasteiger charge is 2.34. The molecule has 0 aliphatic heterocycles. The minimum absolute atomic E-state index is 0.0237. The number of hydrogen-bond acceptors (Lipinski definition) is 4. The molecule has 1 fully saturated rings. The number of aryl methyl sites for hydroxylation is 1. The summed E-state index contributed by atoms with van der Waals surface area (Å²) in [6.45, 7) is 1.94. The molecular weight excluding hydrogens is 168 g/mol. The van der Waals surface area contributed by atoms with E-state index in [0.717, 1.165) is 12.8 Å². The lowest BCUT2D eigenvalue weighted by Crippen LogP contribution is -2.15. The summed E-state index contributed by atoms with van der Waals surface area (Å²) >= 11 is 0. The zero-order valence-corrected chi connectivity index (χ0v) is 7.77. The van der Waals surface area contributed by atoms with E-state index in [0.29, 0.717) is 5.92 Å². The fraction of sp³-hybridized carbons (Fsp3) is 0.750. The minimum atomic E-state index is 0.0237. The lowest BCUT2D eigenvalue weighted by Gasteiger charge is -2.03. The molecule has 70 valence electrons. The standard InChI is InChI=1S/C8H12N4O/c1-5(6-3-4-6)7(13)8-9-11-12(2)10-8/h5-6H,3-4H2,1-2H3. The lowest BCUT2D eigenvalue weighted by atomic mass is 10.0. The second-order valence-corrected chi connectivity index (χ2v) is 3.59. The van der Waals surface area contributed by atoms with Gasteiger partial charge in [0.25, 0.3) is 0 Å². The molecule has 1 aromatic heterocycles. The average Bonchev–Trinajstić information content (AvgIpc) is 2.87. The van der Waals surface area contributed by atoms with Crippen LogP contribution in [0.1, 0.15) is 30.4 Å². The number of rotatable bonds is 3. The molecule has 5 nitrogen and oxygen atoms in total. The second kappa shape index (κ2) is 2.90. The Hall–Kier alpha value is -1.26. The molecular formula is C8H12N4O. The fourth-order valence-corrected chi connectivity index (χ4v) is 1.40. The van der Waals surface area contributed by atoms with E-state index in [9.17, 15) is 4.79 Å². The lowest BCUT2D eigenvalue weighted by molar-refractivity contribution is 0.0905. The van der Waals surface area contributed by atoms with Gasteiger partial charge in [-0.2, -0.15) is 4.80 Å². The van der Waals surface area contributed by atoms with E-state index in [1.54, 1.807) is 7.05 Å². The summed E-state index contributed by atoms with van der Waals surface area (Å²) in [5, 5.41) is 11.2. The zero-order chi connectivity index (χ0) is 9.42. The van der Waals surface area contributed by atoms with Crippen LogP contribution in [0.25, 0.3) is 0 Å². The molecule has 5 heteroatoms. The van der Waals surface area contributed by atoms with Gasteiger partial charge in [-0.05, 0) is 24.0 Å². The summed E-state index contributed by atoms with van der Waals surface area (Å²) in [4.78, 5) is 13.0. The van der Waals surface area contributed by atoms with Crippen LogP contribution in [-0.2, 0) is 7.05 Å². The first kappa shape index (κ1) is 8.34. The topological polar surface area (TPSA) is 60.7 Å². The number of aromatic nitrogens is 4. The highest BCUT2D eigenvalue weighted by atomic mass is 16.1. The van der Waals surface area contributed by atoms with Crippen LogP contribution < -0.4 is 0 Å². The van der Waals surface area contributed by atoms with Crippen LogP contribution in [-0.4, -0.2) is 26.0 Å². The highest BCUT2D eigenvalue weighted by molar-refractivity contribution is 5.94. The molecule has 0 bridgehead atoms. The van der Waals surface area contributed by atoms with Crippen LogP contribution in [0.5, 0.6) is 0 Å². The Balaban J connectivity index is 2.11. The quantitative estimate of drug-likeness (QED) is 0.633. The van der Waals surface area contributed by atoms with Crippen LogP contribution in [0, 0.1) is 11.8 Å². The molecule has 1 heterocycles. The van der Waals surface area contributed by atoms with E-state index in [1.807, 2.05) is 6.92 Å². The number of hydrogen-bond donors (Lipinski definition) is 0. The van der Waals surface area contributed by atoms with Crippen molar-refractivity contribution in [2.75, 3.05) is 0 Å². The smallest absolute Gasteiger partial charge is 0.240 e. The van der Waals surface area contributed by atoms with Gasteiger partial charge < -0.3 is 0 Å². The summed E-state index contributed by atoms with van der Waals surface area (Å²) < 4.78 is 0. The van der Waals surface area contributed by atoms with Gasteiger partial charge in [0.05, 0.1) is 7.05 Å². The van der Waals surface area contributed by atoms with E-state index in [4.69, 9.17) is 0 Å². The Bertz CT molecular complexity index is 329. The number of ketones is 1. The first-order valence-corrected chi connectivity index (χ1v) is 4.46.